The number of carbonyl (C=O) groups excluding carboxylic acids is 3. The van der Waals surface area contributed by atoms with Crippen molar-refractivity contribution in [2.75, 3.05) is 19.6 Å². The predicted octanol–water partition coefficient (Wildman–Crippen LogP) is 2.75. The Balaban J connectivity index is 1.62. The lowest BCUT2D eigenvalue weighted by molar-refractivity contribution is -0.141. The highest BCUT2D eigenvalue weighted by Crippen LogP contribution is 2.49. The fraction of sp³-hybridized carbons (Fsp3) is 0.591. The van der Waals surface area contributed by atoms with Crippen LogP contribution in [0.1, 0.15) is 62.9 Å². The van der Waals surface area contributed by atoms with Crippen molar-refractivity contribution in [2.45, 2.75) is 58.1 Å². The highest BCUT2D eigenvalue weighted by Gasteiger charge is 2.49. The Morgan fingerprint density at radius 3 is 2.24 bits per heavy atom. The summed E-state index contributed by atoms with van der Waals surface area (Å²) in [6, 6.07) is 7.18. The first-order valence-electron chi connectivity index (χ1n) is 10.1. The van der Waals surface area contributed by atoms with Gasteiger partial charge in [0.2, 0.25) is 11.8 Å². The summed E-state index contributed by atoms with van der Waals surface area (Å²) in [4.78, 5) is 40.4. The van der Waals surface area contributed by atoms with Crippen LogP contribution >= 0.6 is 0 Å². The van der Waals surface area contributed by atoms with Gasteiger partial charge in [-0.05, 0) is 64.7 Å². The van der Waals surface area contributed by atoms with Crippen LogP contribution in [0.2, 0.25) is 0 Å². The molecule has 2 N–H and O–H groups in total. The highest BCUT2D eigenvalue weighted by molar-refractivity contribution is 5.92. The van der Waals surface area contributed by atoms with Gasteiger partial charge in [0.05, 0.1) is 5.54 Å². The minimum absolute atomic E-state index is 0.0539. The Bertz CT molecular complexity index is 810. The van der Waals surface area contributed by atoms with Gasteiger partial charge in [-0.1, -0.05) is 12.1 Å². The van der Waals surface area contributed by atoms with Crippen molar-refractivity contribution in [2.24, 2.45) is 11.7 Å². The number of amides is 3. The van der Waals surface area contributed by atoms with Crippen LogP contribution in [-0.4, -0.2) is 58.5 Å². The Morgan fingerprint density at radius 1 is 1.10 bits per heavy atom. The maximum Gasteiger partial charge on any atom is 0.410 e. The van der Waals surface area contributed by atoms with Crippen molar-refractivity contribution in [3.05, 3.63) is 35.4 Å². The largest absolute Gasteiger partial charge is 0.444 e. The van der Waals surface area contributed by atoms with Gasteiger partial charge in [0.1, 0.15) is 5.60 Å². The molecule has 0 aromatic heterocycles. The monoisotopic (exact) mass is 401 g/mol. The van der Waals surface area contributed by atoms with E-state index in [4.69, 9.17) is 10.5 Å². The molecule has 7 nitrogen and oxygen atoms in total. The number of ether oxygens (including phenoxy) is 1. The summed E-state index contributed by atoms with van der Waals surface area (Å²) in [5, 5.41) is 0. The van der Waals surface area contributed by atoms with Gasteiger partial charge < -0.3 is 20.3 Å². The van der Waals surface area contributed by atoms with Gasteiger partial charge in [0.15, 0.2) is 0 Å². The van der Waals surface area contributed by atoms with Crippen LogP contribution in [-0.2, 0) is 9.53 Å². The zero-order valence-corrected chi connectivity index (χ0v) is 17.9. The van der Waals surface area contributed by atoms with E-state index in [1.165, 1.54) is 0 Å². The molecule has 2 atom stereocenters. The second kappa shape index (κ2) is 7.35. The van der Waals surface area contributed by atoms with Crippen LogP contribution in [0.3, 0.4) is 0 Å². The molecule has 158 valence electrons. The Hall–Kier alpha value is -2.57. The number of carbonyl (C=O) groups is 3. The molecule has 1 heterocycles. The SMILES string of the molecule is CC(C)(C)OC(=O)N1CCN(C(=O)C2CC2c2ccc(C(N)=O)cc2)C(C)(C)C1. The summed E-state index contributed by atoms with van der Waals surface area (Å²) in [6.45, 7) is 10.9. The maximum atomic E-state index is 13.2. The predicted molar refractivity (Wildman–Crippen MR) is 109 cm³/mol. The minimum atomic E-state index is -0.542. The molecule has 1 saturated heterocycles. The van der Waals surface area contributed by atoms with E-state index in [0.717, 1.165) is 12.0 Å². The van der Waals surface area contributed by atoms with Crippen molar-refractivity contribution in [3.8, 4) is 0 Å². The van der Waals surface area contributed by atoms with Crippen LogP contribution in [0, 0.1) is 5.92 Å². The third-order valence-corrected chi connectivity index (χ3v) is 5.55. The fourth-order valence-corrected chi connectivity index (χ4v) is 3.98. The molecule has 3 amide bonds. The van der Waals surface area contributed by atoms with Crippen molar-refractivity contribution in [1.82, 2.24) is 9.80 Å². The van der Waals surface area contributed by atoms with E-state index in [1.807, 2.05) is 51.7 Å². The average Bonchev–Trinajstić information content (AvgIpc) is 3.39. The molecule has 1 saturated carbocycles. The number of hydrogen-bond donors (Lipinski definition) is 1. The smallest absolute Gasteiger partial charge is 0.410 e. The molecule has 0 bridgehead atoms. The van der Waals surface area contributed by atoms with E-state index in [2.05, 4.69) is 0 Å². The second-order valence-corrected chi connectivity index (χ2v) is 9.64. The van der Waals surface area contributed by atoms with E-state index in [-0.39, 0.29) is 23.8 Å². The molecule has 0 spiro atoms. The van der Waals surface area contributed by atoms with Crippen LogP contribution < -0.4 is 5.73 Å². The molecule has 1 aromatic rings. The van der Waals surface area contributed by atoms with Crippen LogP contribution in [0.15, 0.2) is 24.3 Å². The van der Waals surface area contributed by atoms with Crippen LogP contribution in [0.4, 0.5) is 4.79 Å². The third-order valence-electron chi connectivity index (χ3n) is 5.55. The maximum absolute atomic E-state index is 13.2. The first kappa shape index (κ1) is 21.1. The molecule has 1 aliphatic heterocycles. The van der Waals surface area contributed by atoms with E-state index >= 15 is 0 Å². The number of nitrogens with zero attached hydrogens (tertiary/aromatic N) is 2. The van der Waals surface area contributed by atoms with Crippen molar-refractivity contribution in [3.63, 3.8) is 0 Å². The molecular weight excluding hydrogens is 370 g/mol. The molecule has 1 aliphatic carbocycles. The topological polar surface area (TPSA) is 92.9 Å². The Kier molecular flexibility index (Phi) is 5.36. The van der Waals surface area contributed by atoms with Crippen molar-refractivity contribution in [1.29, 1.82) is 0 Å². The van der Waals surface area contributed by atoms with Gasteiger partial charge in [0.25, 0.3) is 0 Å². The quantitative estimate of drug-likeness (QED) is 0.843. The first-order valence-corrected chi connectivity index (χ1v) is 10.1. The number of piperazine rings is 1. The van der Waals surface area contributed by atoms with Crippen LogP contribution in [0.25, 0.3) is 0 Å². The standard InChI is InChI=1S/C22H31N3O4/c1-21(2,3)29-20(28)24-10-11-25(22(4,5)13-24)19(27)17-12-16(17)14-6-8-15(9-7-14)18(23)26/h6-9,16-17H,10-13H2,1-5H3,(H2,23,26). The van der Waals surface area contributed by atoms with Gasteiger partial charge in [0, 0.05) is 31.1 Å². The molecule has 2 fully saturated rings. The number of benzene rings is 1. The van der Waals surface area contributed by atoms with Crippen molar-refractivity contribution < 1.29 is 19.1 Å². The molecule has 29 heavy (non-hydrogen) atoms. The zero-order valence-electron chi connectivity index (χ0n) is 17.9. The van der Waals surface area contributed by atoms with E-state index in [1.54, 1.807) is 17.0 Å². The van der Waals surface area contributed by atoms with Gasteiger partial charge in [-0.25, -0.2) is 4.79 Å². The van der Waals surface area contributed by atoms with Gasteiger partial charge in [-0.3, -0.25) is 9.59 Å². The molecule has 0 radical (unpaired) electrons. The number of hydrogen-bond acceptors (Lipinski definition) is 4. The third kappa shape index (κ3) is 4.71. The lowest BCUT2D eigenvalue weighted by Crippen LogP contribution is -2.62. The summed E-state index contributed by atoms with van der Waals surface area (Å²) in [5.74, 6) is -0.210. The summed E-state index contributed by atoms with van der Waals surface area (Å²) in [5.41, 5.74) is 5.81. The summed E-state index contributed by atoms with van der Waals surface area (Å²) in [6.07, 6.45) is 0.466. The van der Waals surface area contributed by atoms with Gasteiger partial charge >= 0.3 is 6.09 Å². The Labute approximate surface area is 172 Å². The average molecular weight is 402 g/mol. The summed E-state index contributed by atoms with van der Waals surface area (Å²) >= 11 is 0. The van der Waals surface area contributed by atoms with E-state index in [9.17, 15) is 14.4 Å². The Morgan fingerprint density at radius 2 is 1.72 bits per heavy atom. The van der Waals surface area contributed by atoms with E-state index in [0.29, 0.717) is 25.2 Å². The lowest BCUT2D eigenvalue weighted by Gasteiger charge is -2.47. The molecule has 7 heteroatoms. The molecule has 1 aromatic carbocycles. The normalized spacial score (nSPS) is 23.5. The number of primary amides is 1. The molecular formula is C22H31N3O4. The first-order chi connectivity index (χ1) is 13.4. The molecule has 2 unspecified atom stereocenters. The molecule has 2 aliphatic rings. The fourth-order valence-electron chi connectivity index (χ4n) is 3.98. The zero-order chi connectivity index (χ0) is 21.6. The lowest BCUT2D eigenvalue weighted by atomic mass is 9.97. The minimum Gasteiger partial charge on any atom is -0.444 e. The molecule has 3 rings (SSSR count). The van der Waals surface area contributed by atoms with Gasteiger partial charge in [-0.15, -0.1) is 0 Å². The number of rotatable bonds is 3. The van der Waals surface area contributed by atoms with Crippen molar-refractivity contribution >= 4 is 17.9 Å². The van der Waals surface area contributed by atoms with E-state index < -0.39 is 17.0 Å². The number of nitrogens with two attached hydrogens (primary N) is 1. The second-order valence-electron chi connectivity index (χ2n) is 9.64. The summed E-state index contributed by atoms with van der Waals surface area (Å²) in [7, 11) is 0. The van der Waals surface area contributed by atoms with Crippen LogP contribution in [0.5, 0.6) is 0 Å². The van der Waals surface area contributed by atoms with Gasteiger partial charge in [-0.2, -0.15) is 0 Å². The highest BCUT2D eigenvalue weighted by atomic mass is 16.6. The summed E-state index contributed by atoms with van der Waals surface area (Å²) < 4.78 is 5.48.